The molecule has 83 valence electrons. The topological polar surface area (TPSA) is 52.6 Å². The zero-order valence-corrected chi connectivity index (χ0v) is 9.02. The Kier molecular flexibility index (Phi) is 4.27. The second-order valence-electron chi connectivity index (χ2n) is 2.88. The molecule has 1 aromatic rings. The van der Waals surface area contributed by atoms with Crippen molar-refractivity contribution in [3.63, 3.8) is 0 Å². The SMILES string of the molecule is COC(=O)C(=Cc1c[c]ccc1)C(=O)OC. The van der Waals surface area contributed by atoms with Crippen molar-refractivity contribution in [2.75, 3.05) is 14.2 Å². The van der Waals surface area contributed by atoms with Gasteiger partial charge in [-0.25, -0.2) is 9.59 Å². The Hall–Kier alpha value is -2.10. The highest BCUT2D eigenvalue weighted by atomic mass is 16.5. The molecule has 4 heteroatoms. The molecule has 0 saturated carbocycles. The number of carbonyl (C=O) groups excluding carboxylic acids is 2. The van der Waals surface area contributed by atoms with Crippen LogP contribution < -0.4 is 0 Å². The maximum absolute atomic E-state index is 11.3. The molecule has 1 rings (SSSR count). The summed E-state index contributed by atoms with van der Waals surface area (Å²) in [5.74, 6) is -1.45. The van der Waals surface area contributed by atoms with Gasteiger partial charge < -0.3 is 9.47 Å². The first-order valence-electron chi connectivity index (χ1n) is 4.53. The predicted octanol–water partition coefficient (Wildman–Crippen LogP) is 1.22. The Morgan fingerprint density at radius 3 is 2.31 bits per heavy atom. The first kappa shape index (κ1) is 12.0. The smallest absolute Gasteiger partial charge is 0.345 e. The van der Waals surface area contributed by atoms with Crippen LogP contribution in [0.1, 0.15) is 5.56 Å². The number of hydrogen-bond acceptors (Lipinski definition) is 4. The van der Waals surface area contributed by atoms with E-state index in [4.69, 9.17) is 0 Å². The van der Waals surface area contributed by atoms with Crippen molar-refractivity contribution in [3.8, 4) is 0 Å². The fraction of sp³-hybridized carbons (Fsp3) is 0.167. The minimum atomic E-state index is -0.726. The molecule has 0 fully saturated rings. The molecule has 0 aromatic heterocycles. The van der Waals surface area contributed by atoms with Gasteiger partial charge in [-0.2, -0.15) is 0 Å². The van der Waals surface area contributed by atoms with Gasteiger partial charge in [0.15, 0.2) is 0 Å². The fourth-order valence-corrected chi connectivity index (χ4v) is 1.08. The molecule has 0 saturated heterocycles. The Balaban J connectivity index is 3.06. The van der Waals surface area contributed by atoms with E-state index in [1.54, 1.807) is 24.3 Å². The van der Waals surface area contributed by atoms with Crippen molar-refractivity contribution in [3.05, 3.63) is 41.5 Å². The summed E-state index contributed by atoms with van der Waals surface area (Å²) in [4.78, 5) is 22.6. The van der Waals surface area contributed by atoms with Crippen LogP contribution in [0.15, 0.2) is 29.8 Å². The fourth-order valence-electron chi connectivity index (χ4n) is 1.08. The zero-order chi connectivity index (χ0) is 12.0. The van der Waals surface area contributed by atoms with Gasteiger partial charge in [-0.15, -0.1) is 0 Å². The molecule has 1 radical (unpaired) electrons. The van der Waals surface area contributed by atoms with E-state index >= 15 is 0 Å². The third kappa shape index (κ3) is 2.95. The van der Waals surface area contributed by atoms with Crippen molar-refractivity contribution < 1.29 is 19.1 Å². The highest BCUT2D eigenvalue weighted by Gasteiger charge is 2.19. The van der Waals surface area contributed by atoms with Gasteiger partial charge in [0.05, 0.1) is 14.2 Å². The lowest BCUT2D eigenvalue weighted by atomic mass is 10.1. The van der Waals surface area contributed by atoms with E-state index in [2.05, 4.69) is 15.5 Å². The second-order valence-corrected chi connectivity index (χ2v) is 2.88. The lowest BCUT2D eigenvalue weighted by molar-refractivity contribution is -0.143. The number of carbonyl (C=O) groups is 2. The van der Waals surface area contributed by atoms with Crippen LogP contribution in [0, 0.1) is 6.07 Å². The van der Waals surface area contributed by atoms with Crippen molar-refractivity contribution in [1.29, 1.82) is 0 Å². The summed E-state index contributed by atoms with van der Waals surface area (Å²) in [6.45, 7) is 0. The minimum absolute atomic E-state index is 0.149. The molecule has 0 spiro atoms. The Morgan fingerprint density at radius 2 is 1.88 bits per heavy atom. The molecule has 16 heavy (non-hydrogen) atoms. The van der Waals surface area contributed by atoms with Gasteiger partial charge in [0.25, 0.3) is 0 Å². The maximum atomic E-state index is 11.3. The quantitative estimate of drug-likeness (QED) is 0.332. The Bertz CT molecular complexity index is 388. The molecule has 0 aliphatic rings. The Morgan fingerprint density at radius 1 is 1.25 bits per heavy atom. The summed E-state index contributed by atoms with van der Waals surface area (Å²) in [5.41, 5.74) is 0.526. The average Bonchev–Trinajstić information content (AvgIpc) is 2.35. The minimum Gasteiger partial charge on any atom is -0.465 e. The molecule has 0 bridgehead atoms. The summed E-state index contributed by atoms with van der Waals surface area (Å²) in [6, 6.07) is 9.68. The van der Waals surface area contributed by atoms with Crippen molar-refractivity contribution in [2.45, 2.75) is 0 Å². The van der Waals surface area contributed by atoms with E-state index < -0.39 is 11.9 Å². The summed E-state index contributed by atoms with van der Waals surface area (Å²) in [5, 5.41) is 0. The molecule has 0 aliphatic carbocycles. The van der Waals surface area contributed by atoms with Crippen LogP contribution in [0.3, 0.4) is 0 Å². The van der Waals surface area contributed by atoms with E-state index in [-0.39, 0.29) is 5.57 Å². The van der Waals surface area contributed by atoms with Crippen molar-refractivity contribution in [2.24, 2.45) is 0 Å². The highest BCUT2D eigenvalue weighted by molar-refractivity contribution is 6.17. The number of esters is 2. The van der Waals surface area contributed by atoms with Crippen LogP contribution in [0.2, 0.25) is 0 Å². The van der Waals surface area contributed by atoms with E-state index in [1.807, 2.05) is 0 Å². The number of rotatable bonds is 3. The molecular weight excluding hydrogens is 208 g/mol. The number of hydrogen-bond donors (Lipinski definition) is 0. The van der Waals surface area contributed by atoms with Crippen LogP contribution in [-0.2, 0) is 19.1 Å². The van der Waals surface area contributed by atoms with Crippen LogP contribution in [0.5, 0.6) is 0 Å². The zero-order valence-electron chi connectivity index (χ0n) is 9.02. The van der Waals surface area contributed by atoms with E-state index in [0.29, 0.717) is 5.56 Å². The van der Waals surface area contributed by atoms with Gasteiger partial charge >= 0.3 is 11.9 Å². The van der Waals surface area contributed by atoms with Gasteiger partial charge in [0.2, 0.25) is 0 Å². The van der Waals surface area contributed by atoms with Gasteiger partial charge in [-0.1, -0.05) is 18.2 Å². The van der Waals surface area contributed by atoms with Gasteiger partial charge in [0, 0.05) is 0 Å². The van der Waals surface area contributed by atoms with Crippen LogP contribution in [0.4, 0.5) is 0 Å². The molecule has 0 aliphatic heterocycles. The molecule has 0 amide bonds. The molecule has 0 N–H and O–H groups in total. The largest absolute Gasteiger partial charge is 0.465 e. The monoisotopic (exact) mass is 219 g/mol. The molecule has 4 nitrogen and oxygen atoms in total. The van der Waals surface area contributed by atoms with Gasteiger partial charge in [0.1, 0.15) is 5.57 Å². The van der Waals surface area contributed by atoms with E-state index in [9.17, 15) is 9.59 Å². The van der Waals surface area contributed by atoms with Crippen molar-refractivity contribution >= 4 is 18.0 Å². The highest BCUT2D eigenvalue weighted by Crippen LogP contribution is 2.09. The number of ether oxygens (including phenoxy) is 2. The van der Waals surface area contributed by atoms with Crippen LogP contribution in [0.25, 0.3) is 6.08 Å². The molecular formula is C12H11O4. The third-order valence-electron chi connectivity index (χ3n) is 1.85. The summed E-state index contributed by atoms with van der Waals surface area (Å²) in [6.07, 6.45) is 1.40. The molecule has 0 atom stereocenters. The van der Waals surface area contributed by atoms with Gasteiger partial charge in [-0.3, -0.25) is 0 Å². The molecule has 0 heterocycles. The summed E-state index contributed by atoms with van der Waals surface area (Å²) >= 11 is 0. The van der Waals surface area contributed by atoms with Crippen LogP contribution >= 0.6 is 0 Å². The third-order valence-corrected chi connectivity index (χ3v) is 1.85. The Labute approximate surface area is 93.5 Å². The summed E-state index contributed by atoms with van der Waals surface area (Å²) in [7, 11) is 2.41. The lowest BCUT2D eigenvalue weighted by Gasteiger charge is -2.03. The van der Waals surface area contributed by atoms with Crippen molar-refractivity contribution in [1.82, 2.24) is 0 Å². The summed E-state index contributed by atoms with van der Waals surface area (Å²) < 4.78 is 8.98. The standard InChI is InChI=1S/C12H11O4/c1-15-11(13)10(12(14)16-2)8-9-6-4-3-5-7-9/h3-4,6-8H,1-2H3. The maximum Gasteiger partial charge on any atom is 0.345 e. The van der Waals surface area contributed by atoms with E-state index in [1.165, 1.54) is 20.3 Å². The number of benzene rings is 1. The first-order valence-corrected chi connectivity index (χ1v) is 4.53. The lowest BCUT2D eigenvalue weighted by Crippen LogP contribution is -2.15. The molecule has 0 unspecified atom stereocenters. The predicted molar refractivity (Wildman–Crippen MR) is 57.3 cm³/mol. The number of methoxy groups -OCH3 is 2. The van der Waals surface area contributed by atoms with E-state index in [0.717, 1.165) is 0 Å². The first-order chi connectivity index (χ1) is 7.69. The average molecular weight is 219 g/mol. The second kappa shape index (κ2) is 5.70. The van der Waals surface area contributed by atoms with Crippen LogP contribution in [-0.4, -0.2) is 26.2 Å². The normalized spacial score (nSPS) is 9.12. The molecule has 1 aromatic carbocycles. The van der Waals surface area contributed by atoms with Gasteiger partial charge in [-0.05, 0) is 23.8 Å².